The van der Waals surface area contributed by atoms with E-state index in [1.54, 1.807) is 33.1 Å². The molecule has 0 saturated heterocycles. The molecule has 0 atom stereocenters. The fourth-order valence-electron chi connectivity index (χ4n) is 2.93. The number of ether oxygens (including phenoxy) is 3. The highest BCUT2D eigenvalue weighted by atomic mass is 32.2. The molecule has 29 heavy (non-hydrogen) atoms. The lowest BCUT2D eigenvalue weighted by atomic mass is 10.2. The van der Waals surface area contributed by atoms with Crippen molar-refractivity contribution in [2.75, 3.05) is 44.8 Å². The van der Waals surface area contributed by atoms with Gasteiger partial charge in [-0.05, 0) is 18.4 Å². The first-order chi connectivity index (χ1) is 14.1. The summed E-state index contributed by atoms with van der Waals surface area (Å²) >= 11 is 1.70. The predicted molar refractivity (Wildman–Crippen MR) is 118 cm³/mol. The summed E-state index contributed by atoms with van der Waals surface area (Å²) in [4.78, 5) is 12.0. The van der Waals surface area contributed by atoms with E-state index in [-0.39, 0.29) is 0 Å². The highest BCUT2D eigenvalue weighted by molar-refractivity contribution is 7.98. The fraction of sp³-hybridized carbons (Fsp3) is 0.238. The van der Waals surface area contributed by atoms with Crippen molar-refractivity contribution in [2.24, 2.45) is 0 Å². The molecule has 2 aromatic carbocycles. The van der Waals surface area contributed by atoms with Crippen LogP contribution in [0.2, 0.25) is 0 Å². The van der Waals surface area contributed by atoms with E-state index in [1.165, 1.54) is 11.2 Å². The smallest absolute Gasteiger partial charge is 0.203 e. The van der Waals surface area contributed by atoms with Gasteiger partial charge in [0.15, 0.2) is 11.5 Å². The summed E-state index contributed by atoms with van der Waals surface area (Å²) in [6.45, 7) is 0. The molecule has 0 amide bonds. The highest BCUT2D eigenvalue weighted by Crippen LogP contribution is 2.40. The lowest BCUT2D eigenvalue weighted by Crippen LogP contribution is -2.12. The first-order valence-corrected chi connectivity index (χ1v) is 10.1. The van der Waals surface area contributed by atoms with E-state index >= 15 is 0 Å². The summed E-state index contributed by atoms with van der Waals surface area (Å²) in [6.07, 6.45) is 3.60. The van der Waals surface area contributed by atoms with Crippen molar-refractivity contribution in [3.05, 3.63) is 48.8 Å². The number of thioether (sulfide) groups is 1. The zero-order valence-electron chi connectivity index (χ0n) is 17.1. The number of aromatic nitrogens is 2. The monoisotopic (exact) mass is 412 g/mol. The maximum atomic E-state index is 5.41. The number of nitrogens with zero attached hydrogens (tertiary/aromatic N) is 3. The van der Waals surface area contributed by atoms with E-state index in [0.29, 0.717) is 23.1 Å². The number of anilines is 4. The molecular weight excluding hydrogens is 388 g/mol. The Morgan fingerprint density at radius 3 is 2.24 bits per heavy atom. The molecule has 1 aromatic heterocycles. The lowest BCUT2D eigenvalue weighted by Gasteiger charge is -2.21. The zero-order chi connectivity index (χ0) is 20.8. The van der Waals surface area contributed by atoms with Crippen LogP contribution < -0.4 is 24.4 Å². The lowest BCUT2D eigenvalue weighted by molar-refractivity contribution is 0.324. The average Bonchev–Trinajstić information content (AvgIpc) is 2.77. The van der Waals surface area contributed by atoms with E-state index in [1.807, 2.05) is 42.3 Å². The normalized spacial score (nSPS) is 10.4. The molecule has 0 fully saturated rings. The fourth-order valence-corrected chi connectivity index (χ4v) is 3.56. The van der Waals surface area contributed by atoms with Crippen LogP contribution in [0.25, 0.3) is 0 Å². The first-order valence-electron chi connectivity index (χ1n) is 8.87. The van der Waals surface area contributed by atoms with Gasteiger partial charge in [0, 0.05) is 35.8 Å². The maximum absolute atomic E-state index is 5.41. The molecule has 3 rings (SSSR count). The van der Waals surface area contributed by atoms with E-state index in [0.717, 1.165) is 17.2 Å². The Hall–Kier alpha value is -3.13. The molecule has 0 bridgehead atoms. The molecule has 0 aliphatic heterocycles. The minimum Gasteiger partial charge on any atom is -0.493 e. The van der Waals surface area contributed by atoms with Crippen molar-refractivity contribution >= 4 is 34.8 Å². The third-order valence-corrected chi connectivity index (χ3v) is 5.17. The molecule has 0 unspecified atom stereocenters. The quantitative estimate of drug-likeness (QED) is 0.532. The van der Waals surface area contributed by atoms with Gasteiger partial charge in [-0.2, -0.15) is 0 Å². The van der Waals surface area contributed by atoms with Crippen molar-refractivity contribution in [3.8, 4) is 17.2 Å². The minimum atomic E-state index is 0.539. The van der Waals surface area contributed by atoms with Crippen LogP contribution in [-0.4, -0.2) is 44.6 Å². The summed E-state index contributed by atoms with van der Waals surface area (Å²) < 4.78 is 16.2. The maximum Gasteiger partial charge on any atom is 0.203 e. The molecule has 0 aliphatic carbocycles. The van der Waals surface area contributed by atoms with Crippen molar-refractivity contribution < 1.29 is 14.2 Å². The van der Waals surface area contributed by atoms with Gasteiger partial charge in [0.2, 0.25) is 5.75 Å². The molecule has 0 spiro atoms. The third-order valence-electron chi connectivity index (χ3n) is 4.38. The average molecular weight is 413 g/mol. The Kier molecular flexibility index (Phi) is 6.66. The molecule has 152 valence electrons. The molecule has 8 heteroatoms. The molecule has 1 heterocycles. The molecule has 0 radical (unpaired) electrons. The van der Waals surface area contributed by atoms with Crippen LogP contribution in [-0.2, 0) is 0 Å². The van der Waals surface area contributed by atoms with Gasteiger partial charge in [-0.15, -0.1) is 11.8 Å². The van der Waals surface area contributed by atoms with E-state index in [4.69, 9.17) is 14.2 Å². The van der Waals surface area contributed by atoms with Gasteiger partial charge >= 0.3 is 0 Å². The second-order valence-corrected chi connectivity index (χ2v) is 6.88. The van der Waals surface area contributed by atoms with Crippen LogP contribution in [0.15, 0.2) is 53.7 Å². The van der Waals surface area contributed by atoms with Crippen LogP contribution in [0.1, 0.15) is 0 Å². The molecule has 7 nitrogen and oxygen atoms in total. The SMILES string of the molecule is COc1cc(Nc2cc(N(C)c3ccccc3SC)ncn2)cc(OC)c1OC. The third kappa shape index (κ3) is 4.48. The second kappa shape index (κ2) is 9.38. The van der Waals surface area contributed by atoms with Gasteiger partial charge in [0.1, 0.15) is 18.0 Å². The molecule has 3 aromatic rings. The van der Waals surface area contributed by atoms with Gasteiger partial charge in [-0.1, -0.05) is 12.1 Å². The van der Waals surface area contributed by atoms with Crippen molar-refractivity contribution in [3.63, 3.8) is 0 Å². The minimum absolute atomic E-state index is 0.539. The number of para-hydroxylation sites is 1. The number of nitrogens with one attached hydrogen (secondary N) is 1. The van der Waals surface area contributed by atoms with Crippen LogP contribution in [0, 0.1) is 0 Å². The number of hydrogen-bond acceptors (Lipinski definition) is 8. The van der Waals surface area contributed by atoms with Gasteiger partial charge < -0.3 is 24.4 Å². The highest BCUT2D eigenvalue weighted by Gasteiger charge is 2.15. The molecule has 0 aliphatic rings. The summed E-state index contributed by atoms with van der Waals surface area (Å²) in [5.74, 6) is 3.09. The van der Waals surface area contributed by atoms with Crippen LogP contribution in [0.3, 0.4) is 0 Å². The Morgan fingerprint density at radius 1 is 0.931 bits per heavy atom. The van der Waals surface area contributed by atoms with Gasteiger partial charge in [0.25, 0.3) is 0 Å². The van der Waals surface area contributed by atoms with Gasteiger partial charge in [0.05, 0.1) is 27.0 Å². The van der Waals surface area contributed by atoms with Crippen LogP contribution in [0.5, 0.6) is 17.2 Å². The van der Waals surface area contributed by atoms with Crippen molar-refractivity contribution in [1.82, 2.24) is 9.97 Å². The summed E-state index contributed by atoms with van der Waals surface area (Å²) in [7, 11) is 6.73. The summed E-state index contributed by atoms with van der Waals surface area (Å²) in [6, 6.07) is 13.8. The number of hydrogen-bond donors (Lipinski definition) is 1. The largest absolute Gasteiger partial charge is 0.493 e. The Bertz CT molecular complexity index is 959. The van der Waals surface area contributed by atoms with E-state index in [2.05, 4.69) is 33.7 Å². The Labute approximate surface area is 175 Å². The Morgan fingerprint density at radius 2 is 1.62 bits per heavy atom. The van der Waals surface area contributed by atoms with Crippen LogP contribution in [0.4, 0.5) is 23.0 Å². The van der Waals surface area contributed by atoms with Crippen molar-refractivity contribution in [1.29, 1.82) is 0 Å². The zero-order valence-corrected chi connectivity index (χ0v) is 17.9. The first kappa shape index (κ1) is 20.6. The summed E-state index contributed by atoms with van der Waals surface area (Å²) in [5, 5.41) is 3.28. The number of methoxy groups -OCH3 is 3. The standard InChI is InChI=1S/C21H24N4O3S/c1-25(15-8-6-7-9-18(15)29-5)20-12-19(22-13-23-20)24-14-10-16(26-2)21(28-4)17(11-14)27-3/h6-13H,1-5H3,(H,22,23,24). The molecular formula is C21H24N4O3S. The van der Waals surface area contributed by atoms with Crippen LogP contribution >= 0.6 is 11.8 Å². The van der Waals surface area contributed by atoms with E-state index in [9.17, 15) is 0 Å². The summed E-state index contributed by atoms with van der Waals surface area (Å²) in [5.41, 5.74) is 1.84. The van der Waals surface area contributed by atoms with Crippen molar-refractivity contribution in [2.45, 2.75) is 4.90 Å². The molecule has 1 N–H and O–H groups in total. The number of benzene rings is 2. The van der Waals surface area contributed by atoms with Gasteiger partial charge in [-0.3, -0.25) is 0 Å². The predicted octanol–water partition coefficient (Wildman–Crippen LogP) is 4.74. The topological polar surface area (TPSA) is 68.7 Å². The molecule has 0 saturated carbocycles. The number of rotatable bonds is 8. The second-order valence-electron chi connectivity index (χ2n) is 6.03. The Balaban J connectivity index is 1.91. The van der Waals surface area contributed by atoms with E-state index < -0.39 is 0 Å². The van der Waals surface area contributed by atoms with Gasteiger partial charge in [-0.25, -0.2) is 9.97 Å².